The molecule has 2 heteroatoms. The maximum atomic E-state index is 4.12. The molecule has 0 fully saturated rings. The smallest absolute Gasteiger partial charge is 0.664 e. The van der Waals surface area contributed by atoms with E-state index >= 15 is 0 Å². The number of unbranched alkanes of at least 4 members (excludes halogenated alkanes) is 1. The zero-order valence-electron chi connectivity index (χ0n) is 16.0. The molecule has 0 unspecified atom stereocenters. The number of hydrogen-bond acceptors (Lipinski definition) is 0. The monoisotopic (exact) mass is 379 g/mol. The van der Waals surface area contributed by atoms with Crippen LogP contribution in [0.15, 0.2) is 36.5 Å². The van der Waals surface area contributed by atoms with Crippen molar-refractivity contribution in [2.24, 2.45) is 0 Å². The number of benzene rings is 1. The largest absolute Gasteiger partial charge is 1.00 e. The van der Waals surface area contributed by atoms with Crippen LogP contribution in [0, 0.1) is 0 Å². The van der Waals surface area contributed by atoms with Gasteiger partial charge in [0.05, 0.1) is 0 Å². The van der Waals surface area contributed by atoms with Gasteiger partial charge in [0.1, 0.15) is 0 Å². The molecule has 0 atom stereocenters. The van der Waals surface area contributed by atoms with Crippen LogP contribution in [0.5, 0.6) is 0 Å². The summed E-state index contributed by atoms with van der Waals surface area (Å²) in [6.07, 6.45) is 5.71. The molecule has 1 aromatic carbocycles. The van der Waals surface area contributed by atoms with Crippen molar-refractivity contribution in [3.63, 3.8) is 0 Å². The second-order valence-corrected chi connectivity index (χ2v) is 3.71. The summed E-state index contributed by atoms with van der Waals surface area (Å²) in [6.45, 7) is 16.6. The Morgan fingerprint density at radius 3 is 1.55 bits per heavy atom. The predicted molar refractivity (Wildman–Crippen MR) is 103 cm³/mol. The van der Waals surface area contributed by atoms with E-state index in [1.54, 1.807) is 0 Å². The number of nitrogens with zero attached hydrogens (tertiary/aromatic N) is 1. The number of aromatic nitrogens is 1. The molecule has 2 aromatic rings. The van der Waals surface area contributed by atoms with E-state index in [0.29, 0.717) is 0 Å². The summed E-state index contributed by atoms with van der Waals surface area (Å²) in [5.74, 6) is 0. The van der Waals surface area contributed by atoms with Gasteiger partial charge in [-0.05, 0) is 5.39 Å². The third-order valence-electron chi connectivity index (χ3n) is 1.90. The summed E-state index contributed by atoms with van der Waals surface area (Å²) >= 11 is 0. The van der Waals surface area contributed by atoms with Crippen LogP contribution in [0.4, 0.5) is 0 Å². The SMILES string of the molecule is C.CC.CC.CCC.CCCC.[Rb+].c1ccc2[n-]ccc2c1. The maximum Gasteiger partial charge on any atom is 1.00 e. The molecule has 0 aliphatic carbocycles. The van der Waals surface area contributed by atoms with Crippen LogP contribution in [0.25, 0.3) is 10.9 Å². The van der Waals surface area contributed by atoms with E-state index in [0.717, 1.165) is 5.52 Å². The van der Waals surface area contributed by atoms with Crippen LogP contribution in [0.2, 0.25) is 0 Å². The molecule has 0 saturated heterocycles. The van der Waals surface area contributed by atoms with Gasteiger partial charge >= 0.3 is 58.2 Å². The molecule has 1 nitrogen and oxygen atoms in total. The number of para-hydroxylation sites is 1. The minimum atomic E-state index is 0. The van der Waals surface area contributed by atoms with E-state index in [2.05, 4.69) is 38.7 Å². The number of hydrogen-bond donors (Lipinski definition) is 0. The summed E-state index contributed by atoms with van der Waals surface area (Å²) in [4.78, 5) is 4.12. The second-order valence-electron chi connectivity index (χ2n) is 3.71. The summed E-state index contributed by atoms with van der Waals surface area (Å²) < 4.78 is 0. The number of rotatable bonds is 1. The van der Waals surface area contributed by atoms with E-state index in [4.69, 9.17) is 0 Å². The van der Waals surface area contributed by atoms with Gasteiger partial charge < -0.3 is 4.98 Å². The van der Waals surface area contributed by atoms with Crippen molar-refractivity contribution in [2.45, 2.75) is 82.1 Å². The van der Waals surface area contributed by atoms with Crippen LogP contribution in [0.1, 0.15) is 82.1 Å². The molecule has 1 aromatic heterocycles. The second kappa shape index (κ2) is 33.2. The van der Waals surface area contributed by atoms with E-state index in [-0.39, 0.29) is 65.6 Å². The minimum absolute atomic E-state index is 0. The van der Waals surface area contributed by atoms with Gasteiger partial charge in [0.25, 0.3) is 0 Å². The molecule has 0 bridgehead atoms. The van der Waals surface area contributed by atoms with Gasteiger partial charge in [-0.2, -0.15) is 6.20 Å². The normalized spacial score (nSPS) is 6.91. The summed E-state index contributed by atoms with van der Waals surface area (Å²) in [5, 5.41) is 1.22. The standard InChI is InChI=1S/C8H6N.C4H10.C3H8.2C2H6.CH4.Rb/c1-2-4-8-7(3-1)5-6-9-8;1-3-4-2;1-3-2;2*1-2;;/h1-6H;3-4H2,1-2H3;3H2,1-2H3;2*1-2H3;1H4;/q-1;;;;;;+1. The van der Waals surface area contributed by atoms with E-state index in [1.807, 2.05) is 58.2 Å². The molecule has 0 aliphatic rings. The first-order valence-electron chi connectivity index (χ1n) is 8.26. The quantitative estimate of drug-likeness (QED) is 0.699. The fourth-order valence-corrected chi connectivity index (χ4v) is 0.944. The molecule has 22 heavy (non-hydrogen) atoms. The van der Waals surface area contributed by atoms with E-state index < -0.39 is 0 Å². The summed E-state index contributed by atoms with van der Waals surface area (Å²) in [7, 11) is 0. The Hall–Kier alpha value is 0.565. The van der Waals surface area contributed by atoms with Crippen LogP contribution in [-0.4, -0.2) is 0 Å². The third kappa shape index (κ3) is 22.8. The summed E-state index contributed by atoms with van der Waals surface area (Å²) in [5.41, 5.74) is 1.08. The first kappa shape index (κ1) is 34.0. The third-order valence-corrected chi connectivity index (χ3v) is 1.90. The van der Waals surface area contributed by atoms with Crippen molar-refractivity contribution in [2.75, 3.05) is 0 Å². The molecular weight excluding hydrogens is 340 g/mol. The average Bonchev–Trinajstić information content (AvgIpc) is 3.01. The average molecular weight is 380 g/mol. The molecule has 0 spiro atoms. The molecule has 2 rings (SSSR count). The zero-order chi connectivity index (χ0) is 16.2. The van der Waals surface area contributed by atoms with Gasteiger partial charge in [0.2, 0.25) is 0 Å². The Balaban J connectivity index is -0.0000000647. The van der Waals surface area contributed by atoms with Gasteiger partial charge in [0, 0.05) is 0 Å². The molecular formula is C20H40NRb. The first-order chi connectivity index (χ1) is 9.79. The Morgan fingerprint density at radius 2 is 1.18 bits per heavy atom. The van der Waals surface area contributed by atoms with Crippen molar-refractivity contribution >= 4 is 10.9 Å². The molecule has 126 valence electrons. The molecule has 0 aliphatic heterocycles. The summed E-state index contributed by atoms with van der Waals surface area (Å²) in [6, 6.07) is 10.1. The Kier molecular flexibility index (Phi) is 51.4. The number of fused-ring (bicyclic) bond motifs is 1. The molecule has 0 saturated carbocycles. The van der Waals surface area contributed by atoms with Crippen molar-refractivity contribution in [3.05, 3.63) is 36.5 Å². The predicted octanol–water partition coefficient (Wildman–Crippen LogP) is 4.71. The molecule has 0 amide bonds. The molecule has 1 heterocycles. The van der Waals surface area contributed by atoms with Crippen LogP contribution in [0.3, 0.4) is 0 Å². The topological polar surface area (TPSA) is 14.1 Å². The zero-order valence-corrected chi connectivity index (χ0v) is 20.9. The van der Waals surface area contributed by atoms with Crippen molar-refractivity contribution in [1.29, 1.82) is 0 Å². The Morgan fingerprint density at radius 1 is 0.773 bits per heavy atom. The van der Waals surface area contributed by atoms with Gasteiger partial charge in [0.15, 0.2) is 0 Å². The molecule has 0 N–H and O–H groups in total. The first-order valence-corrected chi connectivity index (χ1v) is 8.26. The van der Waals surface area contributed by atoms with E-state index in [9.17, 15) is 0 Å². The fourth-order valence-electron chi connectivity index (χ4n) is 0.944. The maximum absolute atomic E-state index is 4.12. The van der Waals surface area contributed by atoms with Gasteiger partial charge in [-0.1, -0.05) is 112 Å². The Bertz CT molecular complexity index is 323. The van der Waals surface area contributed by atoms with Gasteiger partial charge in [-0.15, -0.1) is 5.52 Å². The Labute approximate surface area is 190 Å². The van der Waals surface area contributed by atoms with Crippen LogP contribution in [-0.2, 0) is 0 Å². The van der Waals surface area contributed by atoms with Crippen molar-refractivity contribution in [1.82, 2.24) is 4.98 Å². The van der Waals surface area contributed by atoms with E-state index in [1.165, 1.54) is 24.6 Å². The fraction of sp³-hybridized carbons (Fsp3) is 0.600. The van der Waals surface area contributed by atoms with Crippen molar-refractivity contribution < 1.29 is 58.2 Å². The van der Waals surface area contributed by atoms with Gasteiger partial charge in [-0.3, -0.25) is 0 Å². The molecule has 0 radical (unpaired) electrons. The van der Waals surface area contributed by atoms with Gasteiger partial charge in [-0.25, -0.2) is 0 Å². The minimum Gasteiger partial charge on any atom is -0.664 e. The van der Waals surface area contributed by atoms with Crippen LogP contribution >= 0.6 is 0 Å². The van der Waals surface area contributed by atoms with Crippen molar-refractivity contribution in [3.8, 4) is 0 Å². The van der Waals surface area contributed by atoms with Crippen LogP contribution < -0.4 is 63.2 Å².